The Morgan fingerprint density at radius 3 is 2.95 bits per heavy atom. The molecule has 0 atom stereocenters. The fraction of sp³-hybridized carbons (Fsp3) is 0.133. The summed E-state index contributed by atoms with van der Waals surface area (Å²) in [5.74, 6) is 0.716. The van der Waals surface area contributed by atoms with Crippen LogP contribution in [0.3, 0.4) is 0 Å². The standard InChI is InChI=1S/C15H12N4S/c1-10-14(20-9-18-10)8-17-15-6-11(7-16)12-4-2-3-5-13(12)19-15/h2-6,9H,8H2,1H3,(H,17,19). The van der Waals surface area contributed by atoms with Crippen molar-refractivity contribution in [3.8, 4) is 6.07 Å². The topological polar surface area (TPSA) is 61.6 Å². The number of hydrogen-bond acceptors (Lipinski definition) is 5. The number of para-hydroxylation sites is 1. The van der Waals surface area contributed by atoms with Gasteiger partial charge in [-0.1, -0.05) is 18.2 Å². The number of rotatable bonds is 3. The first kappa shape index (κ1) is 12.6. The zero-order valence-corrected chi connectivity index (χ0v) is 11.7. The summed E-state index contributed by atoms with van der Waals surface area (Å²) in [7, 11) is 0. The molecule has 0 aliphatic carbocycles. The van der Waals surface area contributed by atoms with Gasteiger partial charge in [0.1, 0.15) is 5.82 Å². The average Bonchev–Trinajstić information content (AvgIpc) is 2.89. The third kappa shape index (κ3) is 2.33. The Bertz CT molecular complexity index is 801. The van der Waals surface area contributed by atoms with Crippen molar-refractivity contribution < 1.29 is 0 Å². The van der Waals surface area contributed by atoms with Crippen LogP contribution in [0.15, 0.2) is 35.8 Å². The molecule has 2 aromatic heterocycles. The van der Waals surface area contributed by atoms with Crippen LogP contribution in [0.4, 0.5) is 5.82 Å². The second kappa shape index (κ2) is 5.27. The molecule has 1 aromatic carbocycles. The van der Waals surface area contributed by atoms with Crippen molar-refractivity contribution in [1.82, 2.24) is 9.97 Å². The monoisotopic (exact) mass is 280 g/mol. The van der Waals surface area contributed by atoms with E-state index in [-0.39, 0.29) is 0 Å². The molecule has 20 heavy (non-hydrogen) atoms. The number of nitrogens with zero attached hydrogens (tertiary/aromatic N) is 3. The number of fused-ring (bicyclic) bond motifs is 1. The Balaban J connectivity index is 1.92. The second-order valence-electron chi connectivity index (χ2n) is 4.40. The molecule has 0 saturated heterocycles. The van der Waals surface area contributed by atoms with Gasteiger partial charge in [-0.25, -0.2) is 9.97 Å². The van der Waals surface area contributed by atoms with Crippen molar-refractivity contribution in [2.24, 2.45) is 0 Å². The number of nitriles is 1. The molecule has 0 fully saturated rings. The minimum atomic E-state index is 0.638. The van der Waals surface area contributed by atoms with Gasteiger partial charge < -0.3 is 5.32 Å². The molecule has 98 valence electrons. The molecule has 0 radical (unpaired) electrons. The highest BCUT2D eigenvalue weighted by molar-refractivity contribution is 7.09. The molecule has 3 rings (SSSR count). The maximum absolute atomic E-state index is 9.24. The van der Waals surface area contributed by atoms with E-state index in [0.717, 1.165) is 16.6 Å². The maximum atomic E-state index is 9.24. The molecule has 3 aromatic rings. The number of thiazole rings is 1. The summed E-state index contributed by atoms with van der Waals surface area (Å²) in [6, 6.07) is 11.7. The predicted octanol–water partition coefficient (Wildman–Crippen LogP) is 3.48. The van der Waals surface area contributed by atoms with E-state index in [9.17, 15) is 5.26 Å². The van der Waals surface area contributed by atoms with Crippen LogP contribution in [0.2, 0.25) is 0 Å². The van der Waals surface area contributed by atoms with E-state index in [2.05, 4.69) is 21.4 Å². The van der Waals surface area contributed by atoms with E-state index >= 15 is 0 Å². The Hall–Kier alpha value is -2.45. The lowest BCUT2D eigenvalue weighted by atomic mass is 10.1. The molecule has 5 heteroatoms. The van der Waals surface area contributed by atoms with E-state index in [1.165, 1.54) is 4.88 Å². The van der Waals surface area contributed by atoms with E-state index in [4.69, 9.17) is 0 Å². The van der Waals surface area contributed by atoms with Crippen molar-refractivity contribution in [2.45, 2.75) is 13.5 Å². The highest BCUT2D eigenvalue weighted by Gasteiger charge is 2.06. The molecular weight excluding hydrogens is 268 g/mol. The lowest BCUT2D eigenvalue weighted by Crippen LogP contribution is -2.02. The molecule has 0 spiro atoms. The van der Waals surface area contributed by atoms with Crippen LogP contribution < -0.4 is 5.32 Å². The maximum Gasteiger partial charge on any atom is 0.128 e. The van der Waals surface area contributed by atoms with E-state index in [1.54, 1.807) is 17.4 Å². The fourth-order valence-corrected chi connectivity index (χ4v) is 2.74. The summed E-state index contributed by atoms with van der Waals surface area (Å²) in [6.07, 6.45) is 0. The number of anilines is 1. The van der Waals surface area contributed by atoms with Gasteiger partial charge in [0.05, 0.1) is 34.9 Å². The van der Waals surface area contributed by atoms with Crippen LogP contribution in [-0.4, -0.2) is 9.97 Å². The molecule has 0 amide bonds. The summed E-state index contributed by atoms with van der Waals surface area (Å²) in [5, 5.41) is 13.4. The number of hydrogen-bond donors (Lipinski definition) is 1. The van der Waals surface area contributed by atoms with Crippen LogP contribution in [0, 0.1) is 18.3 Å². The third-order valence-electron chi connectivity index (χ3n) is 3.11. The molecule has 0 aliphatic rings. The summed E-state index contributed by atoms with van der Waals surface area (Å²) in [4.78, 5) is 9.93. The van der Waals surface area contributed by atoms with Crippen molar-refractivity contribution in [2.75, 3.05) is 5.32 Å². The number of nitrogens with one attached hydrogen (secondary N) is 1. The Morgan fingerprint density at radius 2 is 2.20 bits per heavy atom. The summed E-state index contributed by atoms with van der Waals surface area (Å²) >= 11 is 1.62. The first-order chi connectivity index (χ1) is 9.78. The predicted molar refractivity (Wildman–Crippen MR) is 80.6 cm³/mol. The quantitative estimate of drug-likeness (QED) is 0.797. The molecule has 0 bridgehead atoms. The Kier molecular flexibility index (Phi) is 3.32. The van der Waals surface area contributed by atoms with Crippen molar-refractivity contribution in [3.63, 3.8) is 0 Å². The van der Waals surface area contributed by atoms with E-state index < -0.39 is 0 Å². The Labute approximate surface area is 120 Å². The number of aromatic nitrogens is 2. The minimum absolute atomic E-state index is 0.638. The van der Waals surface area contributed by atoms with Crippen molar-refractivity contribution >= 4 is 28.1 Å². The van der Waals surface area contributed by atoms with Gasteiger partial charge in [0.15, 0.2) is 0 Å². The lowest BCUT2D eigenvalue weighted by molar-refractivity contribution is 1.10. The molecule has 0 saturated carbocycles. The number of aryl methyl sites for hydroxylation is 1. The average molecular weight is 280 g/mol. The lowest BCUT2D eigenvalue weighted by Gasteiger charge is -2.07. The Morgan fingerprint density at radius 1 is 1.35 bits per heavy atom. The van der Waals surface area contributed by atoms with Gasteiger partial charge in [0, 0.05) is 10.3 Å². The molecule has 4 nitrogen and oxygen atoms in total. The van der Waals surface area contributed by atoms with Crippen LogP contribution in [0.5, 0.6) is 0 Å². The smallest absolute Gasteiger partial charge is 0.128 e. The van der Waals surface area contributed by atoms with Crippen LogP contribution in [-0.2, 0) is 6.54 Å². The largest absolute Gasteiger partial charge is 0.365 e. The van der Waals surface area contributed by atoms with Gasteiger partial charge in [-0.2, -0.15) is 5.26 Å². The molecular formula is C15H12N4S. The van der Waals surface area contributed by atoms with Gasteiger partial charge in [0.25, 0.3) is 0 Å². The van der Waals surface area contributed by atoms with Crippen LogP contribution in [0.25, 0.3) is 10.9 Å². The molecule has 1 N–H and O–H groups in total. The molecule has 2 heterocycles. The number of benzene rings is 1. The number of pyridine rings is 1. The zero-order chi connectivity index (χ0) is 13.9. The summed E-state index contributed by atoms with van der Waals surface area (Å²) in [6.45, 7) is 2.66. The normalized spacial score (nSPS) is 10.4. The summed E-state index contributed by atoms with van der Waals surface area (Å²) in [5.41, 5.74) is 4.33. The van der Waals surface area contributed by atoms with Gasteiger partial charge in [-0.15, -0.1) is 11.3 Å². The highest BCUT2D eigenvalue weighted by Crippen LogP contribution is 2.21. The SMILES string of the molecule is Cc1ncsc1CNc1cc(C#N)c2ccccc2n1. The van der Waals surface area contributed by atoms with Crippen molar-refractivity contribution in [3.05, 3.63) is 52.0 Å². The van der Waals surface area contributed by atoms with Gasteiger partial charge >= 0.3 is 0 Å². The summed E-state index contributed by atoms with van der Waals surface area (Å²) < 4.78 is 0. The minimum Gasteiger partial charge on any atom is -0.365 e. The molecule has 0 unspecified atom stereocenters. The van der Waals surface area contributed by atoms with Crippen LogP contribution >= 0.6 is 11.3 Å². The van der Waals surface area contributed by atoms with Crippen molar-refractivity contribution in [1.29, 1.82) is 5.26 Å². The highest BCUT2D eigenvalue weighted by atomic mass is 32.1. The van der Waals surface area contributed by atoms with Gasteiger partial charge in [-0.05, 0) is 19.1 Å². The van der Waals surface area contributed by atoms with E-state index in [1.807, 2.05) is 36.7 Å². The first-order valence-electron chi connectivity index (χ1n) is 6.20. The first-order valence-corrected chi connectivity index (χ1v) is 7.08. The van der Waals surface area contributed by atoms with E-state index in [0.29, 0.717) is 17.9 Å². The fourth-order valence-electron chi connectivity index (χ4n) is 2.03. The van der Waals surface area contributed by atoms with Gasteiger partial charge in [0.2, 0.25) is 0 Å². The zero-order valence-electron chi connectivity index (χ0n) is 10.9. The third-order valence-corrected chi connectivity index (χ3v) is 4.05. The second-order valence-corrected chi connectivity index (χ2v) is 5.34. The van der Waals surface area contributed by atoms with Gasteiger partial charge in [-0.3, -0.25) is 0 Å². The molecule has 0 aliphatic heterocycles. The van der Waals surface area contributed by atoms with Crippen LogP contribution in [0.1, 0.15) is 16.1 Å².